The van der Waals surface area contributed by atoms with E-state index in [0.29, 0.717) is 13.1 Å². The van der Waals surface area contributed by atoms with Crippen LogP contribution in [0, 0.1) is 5.92 Å². The van der Waals surface area contributed by atoms with Gasteiger partial charge in [-0.15, -0.1) is 0 Å². The molecule has 144 valence electrons. The number of hydrogen-bond donors (Lipinski definition) is 1. The van der Waals surface area contributed by atoms with E-state index in [4.69, 9.17) is 9.72 Å². The van der Waals surface area contributed by atoms with Gasteiger partial charge in [0.1, 0.15) is 11.6 Å². The zero-order valence-corrected chi connectivity index (χ0v) is 16.0. The second-order valence-electron chi connectivity index (χ2n) is 7.03. The number of fused-ring (bicyclic) bond motifs is 1. The summed E-state index contributed by atoms with van der Waals surface area (Å²) in [6.07, 6.45) is 3.65. The fourth-order valence-corrected chi connectivity index (χ4v) is 3.67. The Labute approximate surface area is 164 Å². The third-order valence-corrected chi connectivity index (χ3v) is 5.20. The number of carbonyl (C=O) groups is 1. The summed E-state index contributed by atoms with van der Waals surface area (Å²) in [6.45, 7) is 2.02. The Hall–Kier alpha value is -3.15. The molecule has 1 atom stereocenters. The highest BCUT2D eigenvalue weighted by atomic mass is 16.5. The minimum Gasteiger partial charge on any atom is -0.496 e. The highest BCUT2D eigenvalue weighted by molar-refractivity contribution is 5.80. The number of ether oxygens (including phenoxy) is 1. The molecule has 1 N–H and O–H groups in total. The second-order valence-corrected chi connectivity index (χ2v) is 7.03. The molecule has 1 aromatic heterocycles. The van der Waals surface area contributed by atoms with Crippen LogP contribution in [0.3, 0.4) is 0 Å². The van der Waals surface area contributed by atoms with Gasteiger partial charge in [0, 0.05) is 25.2 Å². The normalized spacial score (nSPS) is 16.8. The van der Waals surface area contributed by atoms with Gasteiger partial charge in [-0.1, -0.05) is 30.3 Å². The fraction of sp³-hybridized carbons (Fsp3) is 0.318. The van der Waals surface area contributed by atoms with E-state index in [0.717, 1.165) is 47.6 Å². The largest absolute Gasteiger partial charge is 0.496 e. The van der Waals surface area contributed by atoms with Gasteiger partial charge in [-0.05, 0) is 31.0 Å². The maximum atomic E-state index is 12.7. The van der Waals surface area contributed by atoms with Crippen LogP contribution in [-0.4, -0.2) is 36.1 Å². The lowest BCUT2D eigenvalue weighted by molar-refractivity contribution is -0.125. The Bertz CT molecular complexity index is 975. The number of piperidine rings is 1. The average Bonchev–Trinajstić information content (AvgIpc) is 2.77. The summed E-state index contributed by atoms with van der Waals surface area (Å²) in [5.74, 6) is 1.64. The van der Waals surface area contributed by atoms with Gasteiger partial charge in [-0.25, -0.2) is 4.98 Å². The van der Waals surface area contributed by atoms with Crippen molar-refractivity contribution in [3.05, 3.63) is 60.3 Å². The molecule has 0 saturated carbocycles. The number of benzene rings is 2. The quantitative estimate of drug-likeness (QED) is 0.741. The first kappa shape index (κ1) is 18.2. The molecule has 3 aromatic rings. The first-order chi connectivity index (χ1) is 13.7. The molecule has 2 heterocycles. The minimum absolute atomic E-state index is 0.0586. The number of carbonyl (C=O) groups excluding carboxylic acids is 1. The van der Waals surface area contributed by atoms with E-state index in [-0.39, 0.29) is 11.8 Å². The number of rotatable bonds is 5. The molecule has 1 unspecified atom stereocenters. The van der Waals surface area contributed by atoms with Crippen molar-refractivity contribution >= 4 is 22.8 Å². The molecule has 1 fully saturated rings. The third-order valence-electron chi connectivity index (χ3n) is 5.20. The summed E-state index contributed by atoms with van der Waals surface area (Å²) in [5, 5.41) is 3.06. The number of methoxy groups -OCH3 is 1. The molecule has 1 aliphatic rings. The zero-order chi connectivity index (χ0) is 19.3. The number of aromatic nitrogens is 2. The molecule has 2 aromatic carbocycles. The molecular formula is C22H24N4O2. The van der Waals surface area contributed by atoms with Crippen LogP contribution in [0.25, 0.3) is 11.0 Å². The van der Waals surface area contributed by atoms with Crippen LogP contribution in [0.2, 0.25) is 0 Å². The number of amides is 1. The predicted molar refractivity (Wildman–Crippen MR) is 109 cm³/mol. The molecule has 6 heteroatoms. The van der Waals surface area contributed by atoms with Crippen molar-refractivity contribution in [3.8, 4) is 5.75 Å². The first-order valence-corrected chi connectivity index (χ1v) is 9.61. The van der Waals surface area contributed by atoms with Crippen molar-refractivity contribution in [2.24, 2.45) is 5.92 Å². The first-order valence-electron chi connectivity index (χ1n) is 9.61. The summed E-state index contributed by atoms with van der Waals surface area (Å²) in [6, 6.07) is 15.6. The van der Waals surface area contributed by atoms with E-state index in [1.807, 2.05) is 48.5 Å². The summed E-state index contributed by atoms with van der Waals surface area (Å²) < 4.78 is 5.36. The van der Waals surface area contributed by atoms with Crippen LogP contribution in [0.5, 0.6) is 5.75 Å². The van der Waals surface area contributed by atoms with E-state index in [1.54, 1.807) is 13.3 Å². The van der Waals surface area contributed by atoms with Gasteiger partial charge in [-0.2, -0.15) is 0 Å². The van der Waals surface area contributed by atoms with Crippen LogP contribution in [0.15, 0.2) is 54.7 Å². The van der Waals surface area contributed by atoms with Crippen molar-refractivity contribution in [1.82, 2.24) is 15.3 Å². The van der Waals surface area contributed by atoms with Crippen LogP contribution in [0.4, 0.5) is 5.82 Å². The number of nitrogens with one attached hydrogen (secondary N) is 1. The minimum atomic E-state index is -0.0586. The van der Waals surface area contributed by atoms with Gasteiger partial charge in [0.15, 0.2) is 0 Å². The molecular weight excluding hydrogens is 352 g/mol. The average molecular weight is 376 g/mol. The zero-order valence-electron chi connectivity index (χ0n) is 16.0. The van der Waals surface area contributed by atoms with Gasteiger partial charge >= 0.3 is 0 Å². The van der Waals surface area contributed by atoms with Gasteiger partial charge in [-0.3, -0.25) is 9.78 Å². The van der Waals surface area contributed by atoms with E-state index < -0.39 is 0 Å². The van der Waals surface area contributed by atoms with E-state index >= 15 is 0 Å². The van der Waals surface area contributed by atoms with Gasteiger partial charge in [0.05, 0.1) is 30.3 Å². The maximum Gasteiger partial charge on any atom is 0.225 e. The molecule has 6 nitrogen and oxygen atoms in total. The van der Waals surface area contributed by atoms with Crippen LogP contribution < -0.4 is 15.0 Å². The van der Waals surface area contributed by atoms with Crippen LogP contribution >= 0.6 is 0 Å². The number of para-hydroxylation sites is 3. The third kappa shape index (κ3) is 3.91. The van der Waals surface area contributed by atoms with E-state index in [1.165, 1.54) is 0 Å². The Morgan fingerprint density at radius 2 is 1.96 bits per heavy atom. The van der Waals surface area contributed by atoms with Crippen molar-refractivity contribution in [2.75, 3.05) is 25.1 Å². The highest BCUT2D eigenvalue weighted by Crippen LogP contribution is 2.23. The lowest BCUT2D eigenvalue weighted by Gasteiger charge is -2.32. The highest BCUT2D eigenvalue weighted by Gasteiger charge is 2.26. The summed E-state index contributed by atoms with van der Waals surface area (Å²) >= 11 is 0. The second kappa shape index (κ2) is 8.25. The SMILES string of the molecule is COc1ccccc1CNC(=O)C1CCCN(c2cnc3ccccc3n2)C1. The smallest absolute Gasteiger partial charge is 0.225 e. The van der Waals surface area contributed by atoms with Gasteiger partial charge in [0.2, 0.25) is 5.91 Å². The topological polar surface area (TPSA) is 67.3 Å². The van der Waals surface area contributed by atoms with Crippen molar-refractivity contribution < 1.29 is 9.53 Å². The fourth-order valence-electron chi connectivity index (χ4n) is 3.67. The molecule has 1 saturated heterocycles. The molecule has 0 aliphatic carbocycles. The molecule has 0 spiro atoms. The van der Waals surface area contributed by atoms with Gasteiger partial charge < -0.3 is 15.0 Å². The number of anilines is 1. The Balaban J connectivity index is 1.42. The standard InChI is InChI=1S/C22H24N4O2/c1-28-20-11-5-2-7-16(20)13-24-22(27)17-8-6-12-26(15-17)21-14-23-18-9-3-4-10-19(18)25-21/h2-5,7,9-11,14,17H,6,8,12-13,15H2,1H3,(H,24,27). The van der Waals surface area contributed by atoms with Crippen molar-refractivity contribution in [3.63, 3.8) is 0 Å². The van der Waals surface area contributed by atoms with Crippen molar-refractivity contribution in [2.45, 2.75) is 19.4 Å². The van der Waals surface area contributed by atoms with Crippen molar-refractivity contribution in [1.29, 1.82) is 0 Å². The van der Waals surface area contributed by atoms with Gasteiger partial charge in [0.25, 0.3) is 0 Å². The maximum absolute atomic E-state index is 12.7. The Morgan fingerprint density at radius 1 is 1.18 bits per heavy atom. The lowest BCUT2D eigenvalue weighted by Crippen LogP contribution is -2.43. The molecule has 4 rings (SSSR count). The molecule has 0 bridgehead atoms. The number of hydrogen-bond acceptors (Lipinski definition) is 5. The number of nitrogens with zero attached hydrogens (tertiary/aromatic N) is 3. The summed E-state index contributed by atoms with van der Waals surface area (Å²) in [7, 11) is 1.64. The summed E-state index contributed by atoms with van der Waals surface area (Å²) in [5.41, 5.74) is 2.74. The van der Waals surface area contributed by atoms with E-state index in [2.05, 4.69) is 15.2 Å². The summed E-state index contributed by atoms with van der Waals surface area (Å²) in [4.78, 5) is 24.1. The molecule has 0 radical (unpaired) electrons. The Morgan fingerprint density at radius 3 is 2.82 bits per heavy atom. The molecule has 1 amide bonds. The van der Waals surface area contributed by atoms with E-state index in [9.17, 15) is 4.79 Å². The Kier molecular flexibility index (Phi) is 5.37. The lowest BCUT2D eigenvalue weighted by atomic mass is 9.97. The molecule has 1 aliphatic heterocycles. The monoisotopic (exact) mass is 376 g/mol. The molecule has 28 heavy (non-hydrogen) atoms. The van der Waals surface area contributed by atoms with Crippen LogP contribution in [0.1, 0.15) is 18.4 Å². The predicted octanol–water partition coefficient (Wildman–Crippen LogP) is 3.17. The van der Waals surface area contributed by atoms with Crippen LogP contribution in [-0.2, 0) is 11.3 Å².